The average molecular weight is 302 g/mol. The van der Waals surface area contributed by atoms with E-state index in [1.807, 2.05) is 0 Å². The molecule has 1 aromatic heterocycles. The molecule has 2 heterocycles. The molecule has 0 saturated carbocycles. The van der Waals surface area contributed by atoms with Gasteiger partial charge in [0.05, 0.1) is 16.1 Å². The predicted molar refractivity (Wildman–Crippen MR) is 74.6 cm³/mol. The third-order valence-corrected chi connectivity index (χ3v) is 4.11. The Labute approximate surface area is 123 Å². The van der Waals surface area contributed by atoms with Crippen LogP contribution in [0.5, 0.6) is 0 Å². The van der Waals surface area contributed by atoms with E-state index >= 15 is 0 Å². The van der Waals surface area contributed by atoms with Crippen LogP contribution in [0.1, 0.15) is 36.2 Å². The summed E-state index contributed by atoms with van der Waals surface area (Å²) in [4.78, 5) is 40.1. The number of hydrogen-bond donors (Lipinski definition) is 1. The molecule has 0 radical (unpaired) electrons. The fourth-order valence-corrected chi connectivity index (χ4v) is 2.93. The predicted octanol–water partition coefficient (Wildman–Crippen LogP) is 1.68. The quantitative estimate of drug-likeness (QED) is 0.868. The Morgan fingerprint density at radius 3 is 2.33 bits per heavy atom. The summed E-state index contributed by atoms with van der Waals surface area (Å²) < 4.78 is 0. The first-order valence-corrected chi connectivity index (χ1v) is 7.09. The van der Waals surface area contributed by atoms with Crippen molar-refractivity contribution in [3.8, 4) is 0 Å². The molecule has 1 N–H and O–H groups in total. The number of carbonyl (C=O) groups excluding carboxylic acids is 2. The van der Waals surface area contributed by atoms with Crippen LogP contribution in [-0.2, 0) is 6.42 Å². The highest BCUT2D eigenvalue weighted by Crippen LogP contribution is 2.23. The Kier molecular flexibility index (Phi) is 3.26. The Bertz CT molecular complexity index is 718. The molecule has 1 aromatic carbocycles. The summed E-state index contributed by atoms with van der Waals surface area (Å²) in [5.41, 5.74) is 0.804. The Hall–Kier alpha value is -2.54. The molecule has 21 heavy (non-hydrogen) atoms. The number of benzene rings is 1. The number of nitrogens with zero attached hydrogens (tertiary/aromatic N) is 2. The standard InChI is InChI=1S/C14H10N2O4S/c17-12-8-3-1-2-4-9(8)13(18)16(12)6-5-11-15-10(7-21-11)14(19)20/h1-4,7H,5-6H2,(H,19,20). The van der Waals surface area contributed by atoms with Crippen LogP contribution in [-0.4, -0.2) is 39.3 Å². The van der Waals surface area contributed by atoms with Gasteiger partial charge in [-0.15, -0.1) is 11.3 Å². The van der Waals surface area contributed by atoms with Crippen LogP contribution >= 0.6 is 11.3 Å². The van der Waals surface area contributed by atoms with Crippen LogP contribution in [0.25, 0.3) is 0 Å². The molecule has 7 heteroatoms. The van der Waals surface area contributed by atoms with Gasteiger partial charge in [-0.2, -0.15) is 0 Å². The Morgan fingerprint density at radius 2 is 1.81 bits per heavy atom. The fraction of sp³-hybridized carbons (Fsp3) is 0.143. The lowest BCUT2D eigenvalue weighted by atomic mass is 10.1. The Morgan fingerprint density at radius 1 is 1.19 bits per heavy atom. The molecular weight excluding hydrogens is 292 g/mol. The number of fused-ring (bicyclic) bond motifs is 1. The van der Waals surface area contributed by atoms with Gasteiger partial charge in [-0.3, -0.25) is 14.5 Å². The number of rotatable bonds is 4. The van der Waals surface area contributed by atoms with E-state index in [4.69, 9.17) is 5.11 Å². The molecule has 6 nitrogen and oxygen atoms in total. The highest BCUT2D eigenvalue weighted by Gasteiger charge is 2.34. The van der Waals surface area contributed by atoms with E-state index in [0.717, 1.165) is 0 Å². The Balaban J connectivity index is 1.73. The molecule has 106 valence electrons. The average Bonchev–Trinajstić information content (AvgIpc) is 3.03. The zero-order valence-electron chi connectivity index (χ0n) is 10.8. The van der Waals surface area contributed by atoms with Crippen molar-refractivity contribution in [2.75, 3.05) is 6.54 Å². The summed E-state index contributed by atoms with van der Waals surface area (Å²) in [7, 11) is 0. The van der Waals surface area contributed by atoms with E-state index in [2.05, 4.69) is 4.98 Å². The summed E-state index contributed by atoms with van der Waals surface area (Å²) in [6.45, 7) is 0.193. The minimum absolute atomic E-state index is 0.0163. The van der Waals surface area contributed by atoms with E-state index in [0.29, 0.717) is 22.6 Å². The number of carboxylic acid groups (broad SMARTS) is 1. The van der Waals surface area contributed by atoms with Crippen molar-refractivity contribution in [3.05, 3.63) is 51.5 Å². The number of hydrogen-bond acceptors (Lipinski definition) is 5. The number of carbonyl (C=O) groups is 3. The second kappa shape index (κ2) is 5.10. The van der Waals surface area contributed by atoms with Crippen molar-refractivity contribution in [1.29, 1.82) is 0 Å². The molecule has 1 aliphatic heterocycles. The highest BCUT2D eigenvalue weighted by molar-refractivity contribution is 7.09. The first kappa shape index (κ1) is 13.4. The van der Waals surface area contributed by atoms with Gasteiger partial charge in [-0.1, -0.05) is 12.1 Å². The zero-order chi connectivity index (χ0) is 15.0. The van der Waals surface area contributed by atoms with Crippen molar-refractivity contribution in [1.82, 2.24) is 9.88 Å². The number of thiazole rings is 1. The van der Waals surface area contributed by atoms with Crippen LogP contribution in [0.3, 0.4) is 0 Å². The minimum atomic E-state index is -1.08. The highest BCUT2D eigenvalue weighted by atomic mass is 32.1. The summed E-state index contributed by atoms with van der Waals surface area (Å²) in [5.74, 6) is -1.71. The molecule has 2 amide bonds. The van der Waals surface area contributed by atoms with Crippen LogP contribution in [0.2, 0.25) is 0 Å². The number of amides is 2. The molecule has 0 atom stereocenters. The van der Waals surface area contributed by atoms with Gasteiger partial charge in [0.25, 0.3) is 11.8 Å². The van der Waals surface area contributed by atoms with Crippen LogP contribution in [0.4, 0.5) is 0 Å². The third-order valence-electron chi connectivity index (χ3n) is 3.20. The fourth-order valence-electron chi connectivity index (χ4n) is 2.17. The summed E-state index contributed by atoms with van der Waals surface area (Å²) >= 11 is 1.21. The van der Waals surface area contributed by atoms with Crippen LogP contribution in [0.15, 0.2) is 29.6 Å². The van der Waals surface area contributed by atoms with Gasteiger partial charge in [0.1, 0.15) is 0 Å². The monoisotopic (exact) mass is 302 g/mol. The molecule has 2 aromatic rings. The molecule has 0 unspecified atom stereocenters. The summed E-state index contributed by atoms with van der Waals surface area (Å²) in [6, 6.07) is 6.68. The molecule has 0 aliphatic carbocycles. The SMILES string of the molecule is O=C(O)c1csc(CCN2C(=O)c3ccccc3C2=O)n1. The van der Waals surface area contributed by atoms with Gasteiger partial charge in [-0.05, 0) is 12.1 Å². The molecule has 0 spiro atoms. The van der Waals surface area contributed by atoms with E-state index in [1.165, 1.54) is 21.6 Å². The first-order chi connectivity index (χ1) is 10.1. The first-order valence-electron chi connectivity index (χ1n) is 6.21. The summed E-state index contributed by atoms with van der Waals surface area (Å²) in [5, 5.41) is 10.8. The molecule has 0 bridgehead atoms. The number of aromatic nitrogens is 1. The van der Waals surface area contributed by atoms with Gasteiger partial charge < -0.3 is 5.11 Å². The number of aromatic carboxylic acids is 1. The molecule has 0 saturated heterocycles. The largest absolute Gasteiger partial charge is 0.476 e. The lowest BCUT2D eigenvalue weighted by molar-refractivity contribution is 0.0650. The van der Waals surface area contributed by atoms with Gasteiger partial charge in [0.2, 0.25) is 0 Å². The van der Waals surface area contributed by atoms with Gasteiger partial charge in [-0.25, -0.2) is 9.78 Å². The summed E-state index contributed by atoms with van der Waals surface area (Å²) in [6.07, 6.45) is 0.351. The van der Waals surface area contributed by atoms with Gasteiger partial charge >= 0.3 is 5.97 Å². The second-order valence-electron chi connectivity index (χ2n) is 4.49. The van der Waals surface area contributed by atoms with Crippen LogP contribution in [0, 0.1) is 0 Å². The normalized spacial score (nSPS) is 13.6. The van der Waals surface area contributed by atoms with E-state index in [-0.39, 0.29) is 24.1 Å². The van der Waals surface area contributed by atoms with Crippen molar-refractivity contribution >= 4 is 29.1 Å². The maximum atomic E-state index is 12.1. The van der Waals surface area contributed by atoms with Crippen molar-refractivity contribution < 1.29 is 19.5 Å². The maximum Gasteiger partial charge on any atom is 0.355 e. The van der Waals surface area contributed by atoms with Crippen molar-refractivity contribution in [2.45, 2.75) is 6.42 Å². The van der Waals surface area contributed by atoms with E-state index in [1.54, 1.807) is 24.3 Å². The number of carboxylic acids is 1. The van der Waals surface area contributed by atoms with E-state index < -0.39 is 5.97 Å². The van der Waals surface area contributed by atoms with Crippen LogP contribution < -0.4 is 0 Å². The lowest BCUT2D eigenvalue weighted by Crippen LogP contribution is -2.31. The minimum Gasteiger partial charge on any atom is -0.476 e. The topological polar surface area (TPSA) is 87.6 Å². The number of imide groups is 1. The zero-order valence-corrected chi connectivity index (χ0v) is 11.6. The van der Waals surface area contributed by atoms with Gasteiger partial charge in [0, 0.05) is 18.3 Å². The van der Waals surface area contributed by atoms with Gasteiger partial charge in [0.15, 0.2) is 5.69 Å². The molecule has 1 aliphatic rings. The molecular formula is C14H10N2O4S. The van der Waals surface area contributed by atoms with Crippen molar-refractivity contribution in [3.63, 3.8) is 0 Å². The second-order valence-corrected chi connectivity index (χ2v) is 5.43. The lowest BCUT2D eigenvalue weighted by Gasteiger charge is -2.12. The maximum absolute atomic E-state index is 12.1. The van der Waals surface area contributed by atoms with Crippen molar-refractivity contribution in [2.24, 2.45) is 0 Å². The third kappa shape index (κ3) is 2.31. The van der Waals surface area contributed by atoms with E-state index in [9.17, 15) is 14.4 Å². The molecule has 3 rings (SSSR count). The molecule has 0 fully saturated rings. The smallest absolute Gasteiger partial charge is 0.355 e.